The third-order valence-electron chi connectivity index (χ3n) is 6.99. The SMILES string of the molecule is COC(=O)c1ccc(C2C3=C(N=c4sc(=Cc5ccc(OC)c(Br)c5)c(=O)n42)c2ccccc2CC3)cc1. The standard InChI is InChI=1S/C30H23BrN2O4S/c1-36-24-14-7-17(15-23(24)31)16-25-28(34)33-27(19-8-10-20(11-9-19)29(35)37-2)22-13-12-18-5-3-4-6-21(18)26(22)32-30(33)38-25/h3-11,14-16,27H,12-13H2,1-2H3. The van der Waals surface area contributed by atoms with Crippen LogP contribution in [0.1, 0.15) is 45.1 Å². The number of nitrogens with zero attached hydrogens (tertiary/aromatic N) is 2. The van der Waals surface area contributed by atoms with Crippen molar-refractivity contribution >= 4 is 45.0 Å². The first kappa shape index (κ1) is 24.6. The lowest BCUT2D eigenvalue weighted by Gasteiger charge is -2.30. The number of hydrogen-bond donors (Lipinski definition) is 0. The number of allylic oxidation sites excluding steroid dienone is 1. The fraction of sp³-hybridized carbons (Fsp3) is 0.167. The maximum absolute atomic E-state index is 13.9. The van der Waals surface area contributed by atoms with Gasteiger partial charge in [-0.05, 0) is 81.4 Å². The van der Waals surface area contributed by atoms with E-state index in [-0.39, 0.29) is 11.6 Å². The highest BCUT2D eigenvalue weighted by atomic mass is 79.9. The van der Waals surface area contributed by atoms with Crippen LogP contribution in [0, 0.1) is 0 Å². The van der Waals surface area contributed by atoms with Crippen LogP contribution in [0.4, 0.5) is 0 Å². The Morgan fingerprint density at radius 3 is 2.61 bits per heavy atom. The van der Waals surface area contributed by atoms with Crippen LogP contribution in [0.5, 0.6) is 5.75 Å². The summed E-state index contributed by atoms with van der Waals surface area (Å²) in [5, 5.41) is 0. The summed E-state index contributed by atoms with van der Waals surface area (Å²) in [5.41, 5.74) is 6.62. The molecule has 0 saturated heterocycles. The van der Waals surface area contributed by atoms with Crippen LogP contribution in [0.2, 0.25) is 0 Å². The summed E-state index contributed by atoms with van der Waals surface area (Å²) < 4.78 is 13.4. The van der Waals surface area contributed by atoms with Gasteiger partial charge in [0, 0.05) is 5.56 Å². The second kappa shape index (κ2) is 9.85. The molecule has 0 fully saturated rings. The molecule has 38 heavy (non-hydrogen) atoms. The molecule has 0 radical (unpaired) electrons. The van der Waals surface area contributed by atoms with E-state index in [9.17, 15) is 9.59 Å². The van der Waals surface area contributed by atoms with Gasteiger partial charge in [-0.15, -0.1) is 0 Å². The number of carbonyl (C=O) groups excluding carboxylic acids is 1. The van der Waals surface area contributed by atoms with E-state index in [2.05, 4.69) is 34.1 Å². The molecule has 0 amide bonds. The molecule has 1 aliphatic heterocycles. The molecule has 4 aromatic rings. The van der Waals surface area contributed by atoms with Crippen molar-refractivity contribution in [1.82, 2.24) is 4.57 Å². The molecule has 3 aromatic carbocycles. The Morgan fingerprint density at radius 2 is 1.87 bits per heavy atom. The first-order valence-electron chi connectivity index (χ1n) is 12.1. The zero-order chi connectivity index (χ0) is 26.4. The Bertz CT molecular complexity index is 1800. The predicted octanol–water partition coefficient (Wildman–Crippen LogP) is 4.88. The average Bonchev–Trinajstić information content (AvgIpc) is 3.25. The summed E-state index contributed by atoms with van der Waals surface area (Å²) in [5.74, 6) is 0.336. The Balaban J connectivity index is 1.56. The van der Waals surface area contributed by atoms with Crippen molar-refractivity contribution < 1.29 is 14.3 Å². The summed E-state index contributed by atoms with van der Waals surface area (Å²) in [6.45, 7) is 0. The van der Waals surface area contributed by atoms with Crippen molar-refractivity contribution in [1.29, 1.82) is 0 Å². The van der Waals surface area contributed by atoms with Gasteiger partial charge in [0.05, 0.1) is 40.5 Å². The average molecular weight is 587 g/mol. The Labute approximate surface area is 231 Å². The molecule has 8 heteroatoms. The molecule has 0 spiro atoms. The Morgan fingerprint density at radius 1 is 1.08 bits per heavy atom. The van der Waals surface area contributed by atoms with Crippen molar-refractivity contribution in [2.24, 2.45) is 4.99 Å². The maximum atomic E-state index is 13.9. The van der Waals surface area contributed by atoms with E-state index in [1.165, 1.54) is 24.0 Å². The first-order chi connectivity index (χ1) is 18.5. The van der Waals surface area contributed by atoms with E-state index >= 15 is 0 Å². The minimum absolute atomic E-state index is 0.0897. The van der Waals surface area contributed by atoms with Crippen LogP contribution in [0.15, 0.2) is 86.6 Å². The second-order valence-corrected chi connectivity index (χ2v) is 11.0. The predicted molar refractivity (Wildman–Crippen MR) is 151 cm³/mol. The van der Waals surface area contributed by atoms with Gasteiger partial charge in [0.2, 0.25) is 0 Å². The molecule has 2 aliphatic rings. The van der Waals surface area contributed by atoms with Crippen molar-refractivity contribution in [2.45, 2.75) is 18.9 Å². The van der Waals surface area contributed by atoms with E-state index in [0.717, 1.165) is 51.0 Å². The molecular weight excluding hydrogens is 564 g/mol. The number of esters is 1. The van der Waals surface area contributed by atoms with Crippen molar-refractivity contribution in [3.63, 3.8) is 0 Å². The molecule has 1 unspecified atom stereocenters. The van der Waals surface area contributed by atoms with E-state index in [4.69, 9.17) is 14.5 Å². The summed E-state index contributed by atoms with van der Waals surface area (Å²) >= 11 is 4.92. The lowest BCUT2D eigenvalue weighted by molar-refractivity contribution is 0.0600. The van der Waals surface area contributed by atoms with Gasteiger partial charge in [-0.2, -0.15) is 0 Å². The van der Waals surface area contributed by atoms with Gasteiger partial charge in [-0.3, -0.25) is 9.36 Å². The quantitative estimate of drug-likeness (QED) is 0.320. The highest BCUT2D eigenvalue weighted by Gasteiger charge is 2.32. The molecule has 6 nitrogen and oxygen atoms in total. The van der Waals surface area contributed by atoms with E-state index < -0.39 is 5.97 Å². The van der Waals surface area contributed by atoms with Crippen molar-refractivity contribution in [3.05, 3.63) is 124 Å². The third kappa shape index (κ3) is 4.14. The monoisotopic (exact) mass is 586 g/mol. The number of fused-ring (bicyclic) bond motifs is 3. The number of methoxy groups -OCH3 is 2. The smallest absolute Gasteiger partial charge is 0.337 e. The number of aryl methyl sites for hydroxylation is 1. The molecular formula is C30H23BrN2O4S. The molecule has 190 valence electrons. The molecule has 6 rings (SSSR count). The highest BCUT2D eigenvalue weighted by Crippen LogP contribution is 2.41. The van der Waals surface area contributed by atoms with Gasteiger partial charge < -0.3 is 9.47 Å². The van der Waals surface area contributed by atoms with Crippen molar-refractivity contribution in [2.75, 3.05) is 14.2 Å². The zero-order valence-corrected chi connectivity index (χ0v) is 23.1. The first-order valence-corrected chi connectivity index (χ1v) is 13.7. The fourth-order valence-electron chi connectivity index (χ4n) is 5.17. The normalized spacial score (nSPS) is 16.3. The van der Waals surface area contributed by atoms with Gasteiger partial charge >= 0.3 is 5.97 Å². The fourth-order valence-corrected chi connectivity index (χ4v) is 6.72. The summed E-state index contributed by atoms with van der Waals surface area (Å²) in [6.07, 6.45) is 3.57. The van der Waals surface area contributed by atoms with E-state index in [0.29, 0.717) is 14.9 Å². The van der Waals surface area contributed by atoms with Crippen LogP contribution in [-0.2, 0) is 11.2 Å². The highest BCUT2D eigenvalue weighted by molar-refractivity contribution is 9.10. The van der Waals surface area contributed by atoms with Crippen LogP contribution in [0.25, 0.3) is 11.8 Å². The van der Waals surface area contributed by atoms with Crippen LogP contribution in [-0.4, -0.2) is 24.8 Å². The summed E-state index contributed by atoms with van der Waals surface area (Å²) in [7, 11) is 2.99. The van der Waals surface area contributed by atoms with Crippen LogP contribution in [0.3, 0.4) is 0 Å². The molecule has 0 saturated carbocycles. The molecule has 1 atom stereocenters. The number of thiazole rings is 1. The molecule has 0 bridgehead atoms. The third-order valence-corrected chi connectivity index (χ3v) is 8.60. The Hall–Kier alpha value is -3.75. The van der Waals surface area contributed by atoms with Gasteiger partial charge in [-0.1, -0.05) is 53.8 Å². The van der Waals surface area contributed by atoms with Crippen LogP contribution < -0.4 is 19.6 Å². The number of halogens is 1. The molecule has 2 heterocycles. The summed E-state index contributed by atoms with van der Waals surface area (Å²) in [6, 6.07) is 21.1. The lowest BCUT2D eigenvalue weighted by Crippen LogP contribution is -2.38. The second-order valence-electron chi connectivity index (χ2n) is 9.12. The van der Waals surface area contributed by atoms with Gasteiger partial charge in [-0.25, -0.2) is 9.79 Å². The summed E-state index contributed by atoms with van der Waals surface area (Å²) in [4.78, 5) is 31.7. The number of benzene rings is 3. The van der Waals surface area contributed by atoms with E-state index in [1.54, 1.807) is 23.8 Å². The zero-order valence-electron chi connectivity index (χ0n) is 20.7. The van der Waals surface area contributed by atoms with Gasteiger partial charge in [0.15, 0.2) is 4.80 Å². The largest absolute Gasteiger partial charge is 0.496 e. The number of aromatic nitrogens is 1. The lowest BCUT2D eigenvalue weighted by atomic mass is 9.83. The number of ether oxygens (including phenoxy) is 2. The number of hydrogen-bond acceptors (Lipinski definition) is 6. The molecule has 1 aliphatic carbocycles. The van der Waals surface area contributed by atoms with Gasteiger partial charge in [0.1, 0.15) is 5.75 Å². The van der Waals surface area contributed by atoms with Crippen molar-refractivity contribution in [3.8, 4) is 5.75 Å². The molecule has 0 N–H and O–H groups in total. The number of rotatable bonds is 4. The minimum atomic E-state index is -0.391. The molecule has 1 aromatic heterocycles. The van der Waals surface area contributed by atoms with E-state index in [1.807, 2.05) is 42.5 Å². The maximum Gasteiger partial charge on any atom is 0.337 e. The van der Waals surface area contributed by atoms with Gasteiger partial charge in [0.25, 0.3) is 5.56 Å². The van der Waals surface area contributed by atoms with Crippen LogP contribution >= 0.6 is 27.3 Å². The minimum Gasteiger partial charge on any atom is -0.496 e. The topological polar surface area (TPSA) is 69.9 Å². The number of carbonyl (C=O) groups is 1. The Kier molecular flexibility index (Phi) is 6.37.